The van der Waals surface area contributed by atoms with Crippen LogP contribution in [0, 0.1) is 0 Å². The molecule has 0 aliphatic heterocycles. The second-order valence-corrected chi connectivity index (χ2v) is 7.49. The van der Waals surface area contributed by atoms with Crippen LogP contribution in [0.4, 0.5) is 0 Å². The molecule has 3 aromatic rings. The van der Waals surface area contributed by atoms with Crippen LogP contribution in [-0.2, 0) is 11.3 Å². The van der Waals surface area contributed by atoms with Gasteiger partial charge in [-0.25, -0.2) is 0 Å². The van der Waals surface area contributed by atoms with E-state index in [0.717, 1.165) is 22.1 Å². The van der Waals surface area contributed by atoms with Gasteiger partial charge in [0.25, 0.3) is 0 Å². The fourth-order valence-corrected chi connectivity index (χ4v) is 3.79. The summed E-state index contributed by atoms with van der Waals surface area (Å²) >= 11 is 7.07. The van der Waals surface area contributed by atoms with E-state index in [-0.39, 0.29) is 24.5 Å². The molecule has 0 aliphatic rings. The Balaban J connectivity index is 1.62. The predicted octanol–water partition coefficient (Wildman–Crippen LogP) is 4.84. The highest BCUT2D eigenvalue weighted by molar-refractivity contribution is 7.18. The molecule has 0 fully saturated rings. The van der Waals surface area contributed by atoms with Crippen LogP contribution >= 0.6 is 22.9 Å². The largest absolute Gasteiger partial charge is 0.496 e. The molecule has 1 heterocycles. The molecule has 0 spiro atoms. The first kappa shape index (κ1) is 18.4. The number of fused-ring (bicyclic) bond motifs is 1. The third-order valence-electron chi connectivity index (χ3n) is 4.11. The van der Waals surface area contributed by atoms with Crippen LogP contribution in [0.5, 0.6) is 5.75 Å². The van der Waals surface area contributed by atoms with Gasteiger partial charge in [-0.15, -0.1) is 11.3 Å². The number of carbonyl (C=O) groups excluding carboxylic acids is 2. The van der Waals surface area contributed by atoms with Crippen LogP contribution in [0.15, 0.2) is 48.5 Å². The Morgan fingerprint density at radius 2 is 1.88 bits per heavy atom. The molecule has 3 rings (SSSR count). The minimum Gasteiger partial charge on any atom is -0.496 e. The molecular formula is C20H18ClNO3S. The number of nitrogens with one attached hydrogen (secondary N) is 1. The summed E-state index contributed by atoms with van der Waals surface area (Å²) in [6, 6.07) is 15.2. The summed E-state index contributed by atoms with van der Waals surface area (Å²) in [6.07, 6.45) is 0.302. The van der Waals surface area contributed by atoms with E-state index in [0.29, 0.717) is 15.8 Å². The van der Waals surface area contributed by atoms with Gasteiger partial charge in [-0.05, 0) is 29.0 Å². The summed E-state index contributed by atoms with van der Waals surface area (Å²) in [4.78, 5) is 24.8. The molecule has 0 radical (unpaired) electrons. The maximum absolute atomic E-state index is 12.2. The normalized spacial score (nSPS) is 10.7. The summed E-state index contributed by atoms with van der Waals surface area (Å²) < 4.78 is 6.00. The van der Waals surface area contributed by atoms with Gasteiger partial charge in [-0.3, -0.25) is 9.59 Å². The van der Waals surface area contributed by atoms with Crippen molar-refractivity contribution in [2.24, 2.45) is 0 Å². The molecule has 4 nitrogen and oxygen atoms in total. The molecule has 1 amide bonds. The van der Waals surface area contributed by atoms with Gasteiger partial charge in [0.1, 0.15) is 5.75 Å². The summed E-state index contributed by atoms with van der Waals surface area (Å²) in [5.41, 5.74) is 0.926. The predicted molar refractivity (Wildman–Crippen MR) is 105 cm³/mol. The van der Waals surface area contributed by atoms with E-state index in [4.69, 9.17) is 16.3 Å². The molecule has 0 saturated heterocycles. The molecule has 6 heteroatoms. The smallest absolute Gasteiger partial charge is 0.220 e. The molecule has 0 unspecified atom stereocenters. The highest BCUT2D eigenvalue weighted by Gasteiger charge is 2.13. The Labute approximate surface area is 160 Å². The fraction of sp³-hybridized carbons (Fsp3) is 0.200. The minimum absolute atomic E-state index is 0.0696. The van der Waals surface area contributed by atoms with Crippen molar-refractivity contribution in [1.29, 1.82) is 0 Å². The standard InChI is InChI=1S/C20H18ClNO3S/c1-25-17-8-6-13-4-2-3-5-14(13)15(17)12-22-20(24)11-7-16(23)18-9-10-19(21)26-18/h2-6,8-10H,7,11-12H2,1H3,(H,22,24). The topological polar surface area (TPSA) is 55.4 Å². The Bertz CT molecular complexity index is 951. The lowest BCUT2D eigenvalue weighted by atomic mass is 10.0. The maximum atomic E-state index is 12.2. The Morgan fingerprint density at radius 3 is 2.62 bits per heavy atom. The van der Waals surface area contributed by atoms with Crippen molar-refractivity contribution in [2.75, 3.05) is 7.11 Å². The second-order valence-electron chi connectivity index (χ2n) is 5.77. The van der Waals surface area contributed by atoms with Crippen molar-refractivity contribution in [1.82, 2.24) is 5.32 Å². The number of methoxy groups -OCH3 is 1. The number of thiophene rings is 1. The molecule has 134 valence electrons. The first-order valence-electron chi connectivity index (χ1n) is 8.18. The zero-order valence-corrected chi connectivity index (χ0v) is 15.8. The number of halogens is 1. The lowest BCUT2D eigenvalue weighted by Crippen LogP contribution is -2.23. The monoisotopic (exact) mass is 387 g/mol. The molecule has 2 aromatic carbocycles. The molecule has 0 aliphatic carbocycles. The van der Waals surface area contributed by atoms with Gasteiger partial charge in [-0.2, -0.15) is 0 Å². The number of amides is 1. The van der Waals surface area contributed by atoms with Crippen LogP contribution in [0.3, 0.4) is 0 Å². The van der Waals surface area contributed by atoms with Crippen LogP contribution in [0.2, 0.25) is 4.34 Å². The van der Waals surface area contributed by atoms with E-state index in [1.54, 1.807) is 19.2 Å². The quantitative estimate of drug-likeness (QED) is 0.590. The summed E-state index contributed by atoms with van der Waals surface area (Å²) in [5.74, 6) is 0.490. The molecule has 1 N–H and O–H groups in total. The molecule has 1 aromatic heterocycles. The van der Waals surface area contributed by atoms with Gasteiger partial charge >= 0.3 is 0 Å². The zero-order valence-electron chi connectivity index (χ0n) is 14.3. The molecular weight excluding hydrogens is 370 g/mol. The lowest BCUT2D eigenvalue weighted by molar-refractivity contribution is -0.121. The van der Waals surface area contributed by atoms with Crippen LogP contribution in [0.1, 0.15) is 28.1 Å². The highest BCUT2D eigenvalue weighted by atomic mass is 35.5. The van der Waals surface area contributed by atoms with E-state index in [1.807, 2.05) is 36.4 Å². The first-order chi connectivity index (χ1) is 12.6. The lowest BCUT2D eigenvalue weighted by Gasteiger charge is -2.13. The van der Waals surface area contributed by atoms with Crippen molar-refractivity contribution < 1.29 is 14.3 Å². The van der Waals surface area contributed by atoms with E-state index in [1.165, 1.54) is 11.3 Å². The van der Waals surface area contributed by atoms with Crippen molar-refractivity contribution in [2.45, 2.75) is 19.4 Å². The van der Waals surface area contributed by atoms with Gasteiger partial charge < -0.3 is 10.1 Å². The first-order valence-corrected chi connectivity index (χ1v) is 9.38. The number of rotatable bonds is 7. The maximum Gasteiger partial charge on any atom is 0.220 e. The van der Waals surface area contributed by atoms with E-state index < -0.39 is 0 Å². The highest BCUT2D eigenvalue weighted by Crippen LogP contribution is 2.28. The van der Waals surface area contributed by atoms with Gasteiger partial charge in [0.15, 0.2) is 5.78 Å². The van der Waals surface area contributed by atoms with Crippen LogP contribution in [0.25, 0.3) is 10.8 Å². The van der Waals surface area contributed by atoms with Crippen LogP contribution in [-0.4, -0.2) is 18.8 Å². The number of ether oxygens (including phenoxy) is 1. The average Bonchev–Trinajstić information content (AvgIpc) is 3.10. The van der Waals surface area contributed by atoms with Crippen molar-refractivity contribution in [3.8, 4) is 5.75 Å². The third kappa shape index (κ3) is 4.23. The molecule has 0 atom stereocenters. The number of Topliss-reactive ketones (excluding diaryl/α,β-unsaturated/α-hetero) is 1. The summed E-state index contributed by atoms with van der Waals surface area (Å²) in [6.45, 7) is 0.350. The summed E-state index contributed by atoms with van der Waals surface area (Å²) in [5, 5.41) is 5.01. The average molecular weight is 388 g/mol. The number of carbonyl (C=O) groups is 2. The second kappa shape index (κ2) is 8.34. The van der Waals surface area contributed by atoms with Crippen molar-refractivity contribution in [3.63, 3.8) is 0 Å². The molecule has 26 heavy (non-hydrogen) atoms. The Hall–Kier alpha value is -2.37. The molecule has 0 bridgehead atoms. The third-order valence-corrected chi connectivity index (χ3v) is 5.38. The number of ketones is 1. The van der Waals surface area contributed by atoms with Gasteiger partial charge in [0.05, 0.1) is 16.3 Å². The van der Waals surface area contributed by atoms with Gasteiger partial charge in [-0.1, -0.05) is 41.9 Å². The fourth-order valence-electron chi connectivity index (χ4n) is 2.78. The summed E-state index contributed by atoms with van der Waals surface area (Å²) in [7, 11) is 1.61. The zero-order chi connectivity index (χ0) is 18.5. The Kier molecular flexibility index (Phi) is 5.91. The van der Waals surface area contributed by atoms with E-state index in [2.05, 4.69) is 5.32 Å². The van der Waals surface area contributed by atoms with E-state index in [9.17, 15) is 9.59 Å². The van der Waals surface area contributed by atoms with Crippen LogP contribution < -0.4 is 10.1 Å². The van der Waals surface area contributed by atoms with Gasteiger partial charge in [0, 0.05) is 24.9 Å². The van der Waals surface area contributed by atoms with E-state index >= 15 is 0 Å². The SMILES string of the molecule is COc1ccc2ccccc2c1CNC(=O)CCC(=O)c1ccc(Cl)s1. The number of hydrogen-bond acceptors (Lipinski definition) is 4. The number of hydrogen-bond donors (Lipinski definition) is 1. The van der Waals surface area contributed by atoms with Gasteiger partial charge in [0.2, 0.25) is 5.91 Å². The molecule has 0 saturated carbocycles. The number of benzene rings is 2. The Morgan fingerprint density at radius 1 is 1.08 bits per heavy atom. The van der Waals surface area contributed by atoms with Crippen molar-refractivity contribution >= 4 is 45.4 Å². The minimum atomic E-state index is -0.170. The van der Waals surface area contributed by atoms with Crippen molar-refractivity contribution in [3.05, 3.63) is 63.3 Å².